The van der Waals surface area contributed by atoms with Crippen molar-refractivity contribution in [2.45, 2.75) is 49.5 Å². The van der Waals surface area contributed by atoms with Crippen LogP contribution in [0.1, 0.15) is 37.3 Å². The molecule has 0 aliphatic heterocycles. The molecule has 2 aliphatic rings. The van der Waals surface area contributed by atoms with Crippen LogP contribution in [0.5, 0.6) is 5.75 Å². The Kier molecular flexibility index (Phi) is 4.61. The minimum atomic E-state index is 0.147. The standard InChI is InChI=1S/C17H21N5O2S/c1-24-15-8-2-12(3-9-15)10-21(13-4-5-13)16(23)11-25-17-18-19-20-22(17)14-6-7-14/h2-3,8-9,13-14H,4-7,10-11H2,1H3. The van der Waals surface area contributed by atoms with E-state index in [0.717, 1.165) is 42.2 Å². The van der Waals surface area contributed by atoms with Gasteiger partial charge in [-0.1, -0.05) is 23.9 Å². The fraction of sp³-hybridized carbons (Fsp3) is 0.529. The Hall–Kier alpha value is -2.09. The zero-order valence-corrected chi connectivity index (χ0v) is 15.0. The lowest BCUT2D eigenvalue weighted by molar-refractivity contribution is -0.129. The van der Waals surface area contributed by atoms with Crippen LogP contribution in [0.2, 0.25) is 0 Å². The molecule has 8 heteroatoms. The lowest BCUT2D eigenvalue weighted by Crippen LogP contribution is -2.34. The van der Waals surface area contributed by atoms with Crippen LogP contribution in [0.4, 0.5) is 0 Å². The summed E-state index contributed by atoms with van der Waals surface area (Å²) in [6, 6.07) is 8.69. The highest BCUT2D eigenvalue weighted by atomic mass is 32.2. The smallest absolute Gasteiger partial charge is 0.233 e. The molecule has 0 spiro atoms. The van der Waals surface area contributed by atoms with Crippen LogP contribution in [-0.2, 0) is 11.3 Å². The summed E-state index contributed by atoms with van der Waals surface area (Å²) in [5.41, 5.74) is 1.12. The van der Waals surface area contributed by atoms with Crippen LogP contribution >= 0.6 is 11.8 Å². The predicted molar refractivity (Wildman–Crippen MR) is 93.4 cm³/mol. The third-order valence-corrected chi connectivity index (χ3v) is 5.42. The van der Waals surface area contributed by atoms with Gasteiger partial charge in [0.25, 0.3) is 0 Å². The van der Waals surface area contributed by atoms with Crippen LogP contribution < -0.4 is 4.74 Å². The van der Waals surface area contributed by atoms with Gasteiger partial charge >= 0.3 is 0 Å². The van der Waals surface area contributed by atoms with Gasteiger partial charge in [-0.3, -0.25) is 4.79 Å². The minimum absolute atomic E-state index is 0.147. The summed E-state index contributed by atoms with van der Waals surface area (Å²) in [6.45, 7) is 0.640. The van der Waals surface area contributed by atoms with Crippen molar-refractivity contribution in [1.82, 2.24) is 25.1 Å². The molecule has 1 aromatic carbocycles. The summed E-state index contributed by atoms with van der Waals surface area (Å²) in [6.07, 6.45) is 4.43. The van der Waals surface area contributed by atoms with Gasteiger partial charge in [-0.2, -0.15) is 0 Å². The summed E-state index contributed by atoms with van der Waals surface area (Å²) >= 11 is 1.44. The molecular formula is C17H21N5O2S. The minimum Gasteiger partial charge on any atom is -0.497 e. The fourth-order valence-corrected chi connectivity index (χ4v) is 3.60. The first kappa shape index (κ1) is 16.4. The van der Waals surface area contributed by atoms with E-state index in [1.807, 2.05) is 33.8 Å². The SMILES string of the molecule is COc1ccc(CN(C(=O)CSc2nnnn2C2CC2)C2CC2)cc1. The molecule has 4 rings (SSSR count). The maximum atomic E-state index is 12.7. The van der Waals surface area contributed by atoms with Crippen molar-refractivity contribution in [2.75, 3.05) is 12.9 Å². The number of tetrazole rings is 1. The van der Waals surface area contributed by atoms with E-state index in [4.69, 9.17) is 4.74 Å². The first-order valence-electron chi connectivity index (χ1n) is 8.57. The number of nitrogens with zero attached hydrogens (tertiary/aromatic N) is 5. The van der Waals surface area contributed by atoms with Gasteiger partial charge in [0, 0.05) is 12.6 Å². The number of carbonyl (C=O) groups excluding carboxylic acids is 1. The van der Waals surface area contributed by atoms with Gasteiger partial charge in [-0.15, -0.1) is 5.10 Å². The van der Waals surface area contributed by atoms with E-state index >= 15 is 0 Å². The molecule has 0 bridgehead atoms. The lowest BCUT2D eigenvalue weighted by Gasteiger charge is -2.22. The molecule has 0 saturated heterocycles. The average molecular weight is 359 g/mol. The predicted octanol–water partition coefficient (Wildman–Crippen LogP) is 2.30. The molecule has 0 radical (unpaired) electrons. The van der Waals surface area contributed by atoms with Crippen LogP contribution in [0.25, 0.3) is 0 Å². The molecule has 2 aliphatic carbocycles. The third kappa shape index (κ3) is 3.95. The Bertz CT molecular complexity index is 740. The van der Waals surface area contributed by atoms with Gasteiger partial charge in [0.1, 0.15) is 5.75 Å². The molecule has 1 aromatic heterocycles. The molecule has 0 unspecified atom stereocenters. The summed E-state index contributed by atoms with van der Waals surface area (Å²) in [4.78, 5) is 14.7. The topological polar surface area (TPSA) is 73.1 Å². The van der Waals surface area contributed by atoms with Crippen molar-refractivity contribution in [1.29, 1.82) is 0 Å². The highest BCUT2D eigenvalue weighted by Crippen LogP contribution is 2.36. The van der Waals surface area contributed by atoms with Gasteiger partial charge in [0.05, 0.1) is 18.9 Å². The van der Waals surface area contributed by atoms with Crippen molar-refractivity contribution >= 4 is 17.7 Å². The number of hydrogen-bond donors (Lipinski definition) is 0. The number of hydrogen-bond acceptors (Lipinski definition) is 6. The quantitative estimate of drug-likeness (QED) is 0.674. The largest absolute Gasteiger partial charge is 0.497 e. The second-order valence-electron chi connectivity index (χ2n) is 6.53. The zero-order valence-electron chi connectivity index (χ0n) is 14.2. The van der Waals surface area contributed by atoms with Gasteiger partial charge in [-0.05, 0) is 53.8 Å². The maximum absolute atomic E-state index is 12.7. The van der Waals surface area contributed by atoms with Crippen LogP contribution in [0.15, 0.2) is 29.4 Å². The van der Waals surface area contributed by atoms with E-state index in [-0.39, 0.29) is 5.91 Å². The number of rotatable bonds is 8. The highest BCUT2D eigenvalue weighted by Gasteiger charge is 2.33. The fourth-order valence-electron chi connectivity index (χ4n) is 2.77. The molecule has 7 nitrogen and oxygen atoms in total. The molecule has 1 amide bonds. The summed E-state index contributed by atoms with van der Waals surface area (Å²) in [5.74, 6) is 1.35. The summed E-state index contributed by atoms with van der Waals surface area (Å²) < 4.78 is 7.04. The van der Waals surface area contributed by atoms with Crippen molar-refractivity contribution < 1.29 is 9.53 Å². The molecule has 1 heterocycles. The van der Waals surface area contributed by atoms with Gasteiger partial charge in [-0.25, -0.2) is 4.68 Å². The van der Waals surface area contributed by atoms with Crippen molar-refractivity contribution in [3.8, 4) is 5.75 Å². The van der Waals surface area contributed by atoms with E-state index in [1.165, 1.54) is 11.8 Å². The normalized spacial score (nSPS) is 16.7. The first-order chi connectivity index (χ1) is 12.2. The average Bonchev–Trinajstić information content (AvgIpc) is 3.57. The van der Waals surface area contributed by atoms with Crippen molar-refractivity contribution in [2.24, 2.45) is 0 Å². The zero-order chi connectivity index (χ0) is 17.2. The van der Waals surface area contributed by atoms with Crippen molar-refractivity contribution in [3.63, 3.8) is 0 Å². The first-order valence-corrected chi connectivity index (χ1v) is 9.56. The van der Waals surface area contributed by atoms with Gasteiger partial charge < -0.3 is 9.64 Å². The van der Waals surface area contributed by atoms with E-state index in [2.05, 4.69) is 15.5 Å². The maximum Gasteiger partial charge on any atom is 0.233 e. The van der Waals surface area contributed by atoms with E-state index in [9.17, 15) is 4.79 Å². The summed E-state index contributed by atoms with van der Waals surface area (Å²) in [7, 11) is 1.65. The van der Waals surface area contributed by atoms with Crippen LogP contribution in [-0.4, -0.2) is 49.9 Å². The number of carbonyl (C=O) groups is 1. The molecular weight excluding hydrogens is 338 g/mol. The highest BCUT2D eigenvalue weighted by molar-refractivity contribution is 7.99. The van der Waals surface area contributed by atoms with Gasteiger partial charge in [0.15, 0.2) is 0 Å². The van der Waals surface area contributed by atoms with Crippen molar-refractivity contribution in [3.05, 3.63) is 29.8 Å². The molecule has 0 atom stereocenters. The molecule has 25 heavy (non-hydrogen) atoms. The molecule has 0 N–H and O–H groups in total. The Morgan fingerprint density at radius 2 is 2.04 bits per heavy atom. The van der Waals surface area contributed by atoms with E-state index < -0.39 is 0 Å². The molecule has 2 aromatic rings. The van der Waals surface area contributed by atoms with Crippen LogP contribution in [0.3, 0.4) is 0 Å². The lowest BCUT2D eigenvalue weighted by atomic mass is 10.2. The number of benzene rings is 1. The molecule has 2 saturated carbocycles. The second-order valence-corrected chi connectivity index (χ2v) is 7.47. The van der Waals surface area contributed by atoms with E-state index in [0.29, 0.717) is 24.4 Å². The number of thioether (sulfide) groups is 1. The summed E-state index contributed by atoms with van der Waals surface area (Å²) in [5, 5.41) is 12.6. The number of amides is 1. The number of aromatic nitrogens is 4. The Morgan fingerprint density at radius 1 is 1.28 bits per heavy atom. The van der Waals surface area contributed by atoms with Crippen LogP contribution in [0, 0.1) is 0 Å². The second kappa shape index (κ2) is 7.03. The van der Waals surface area contributed by atoms with E-state index in [1.54, 1.807) is 7.11 Å². The Morgan fingerprint density at radius 3 is 2.68 bits per heavy atom. The number of methoxy groups -OCH3 is 1. The number of ether oxygens (including phenoxy) is 1. The Labute approximate surface area is 150 Å². The molecule has 132 valence electrons. The monoisotopic (exact) mass is 359 g/mol. The third-order valence-electron chi connectivity index (χ3n) is 4.50. The van der Waals surface area contributed by atoms with Gasteiger partial charge in [0.2, 0.25) is 11.1 Å². The molecule has 2 fully saturated rings. The Balaban J connectivity index is 1.38.